The zero-order chi connectivity index (χ0) is 12.0. The van der Waals surface area contributed by atoms with Crippen molar-refractivity contribution in [2.75, 3.05) is 12.4 Å². The molecule has 0 aliphatic rings. The fourth-order valence-electron chi connectivity index (χ4n) is 0.998. The molecule has 1 unspecified atom stereocenters. The van der Waals surface area contributed by atoms with Crippen LogP contribution in [0.25, 0.3) is 0 Å². The smallest absolute Gasteiger partial charge is 0.218 e. The maximum absolute atomic E-state index is 5.13. The number of methoxy groups -OCH3 is 1. The third-order valence-corrected chi connectivity index (χ3v) is 2.30. The molecule has 88 valence electrons. The van der Waals surface area contributed by atoms with E-state index in [9.17, 15) is 0 Å². The predicted octanol–water partition coefficient (Wildman–Crippen LogP) is 1.57. The highest BCUT2D eigenvalue weighted by Crippen LogP contribution is 2.09. The van der Waals surface area contributed by atoms with Gasteiger partial charge >= 0.3 is 0 Å². The Bertz CT molecular complexity index is 358. The van der Waals surface area contributed by atoms with Crippen LogP contribution in [-0.2, 0) is 0 Å². The lowest BCUT2D eigenvalue weighted by Gasteiger charge is -2.14. The highest BCUT2D eigenvalue weighted by Gasteiger charge is 2.03. The molecule has 0 fully saturated rings. The Morgan fingerprint density at radius 1 is 1.56 bits per heavy atom. The lowest BCUT2D eigenvalue weighted by atomic mass is 10.3. The number of ether oxygens (including phenoxy) is 1. The van der Waals surface area contributed by atoms with Crippen molar-refractivity contribution < 1.29 is 4.74 Å². The molecule has 0 saturated carbocycles. The first-order valence-electron chi connectivity index (χ1n) is 5.09. The lowest BCUT2D eigenvalue weighted by Crippen LogP contribution is -2.35. The van der Waals surface area contributed by atoms with Gasteiger partial charge in [0.1, 0.15) is 12.1 Å². The molecule has 0 aromatic carbocycles. The molecule has 1 rings (SSSR count). The molecule has 0 radical (unpaired) electrons. The summed E-state index contributed by atoms with van der Waals surface area (Å²) in [5, 5.41) is 6.66. The van der Waals surface area contributed by atoms with E-state index in [0.717, 1.165) is 6.42 Å². The van der Waals surface area contributed by atoms with E-state index in [2.05, 4.69) is 34.4 Å². The van der Waals surface area contributed by atoms with Crippen LogP contribution in [0.4, 0.5) is 5.82 Å². The highest BCUT2D eigenvalue weighted by molar-refractivity contribution is 7.80. The van der Waals surface area contributed by atoms with Crippen LogP contribution in [0, 0.1) is 0 Å². The Labute approximate surface area is 101 Å². The van der Waals surface area contributed by atoms with E-state index in [-0.39, 0.29) is 0 Å². The summed E-state index contributed by atoms with van der Waals surface area (Å²) in [5.41, 5.74) is 0. The molecule has 0 aliphatic carbocycles. The van der Waals surface area contributed by atoms with Crippen LogP contribution in [-0.4, -0.2) is 28.2 Å². The molecule has 1 aromatic rings. The van der Waals surface area contributed by atoms with Crippen molar-refractivity contribution in [3.05, 3.63) is 12.4 Å². The quantitative estimate of drug-likeness (QED) is 0.779. The number of anilines is 1. The Morgan fingerprint density at radius 3 is 2.94 bits per heavy atom. The number of aromatic nitrogens is 2. The van der Waals surface area contributed by atoms with Gasteiger partial charge in [0.05, 0.1) is 7.11 Å². The van der Waals surface area contributed by atoms with Gasteiger partial charge in [0.25, 0.3) is 0 Å². The Balaban J connectivity index is 2.55. The van der Waals surface area contributed by atoms with Gasteiger partial charge in [0, 0.05) is 12.1 Å². The van der Waals surface area contributed by atoms with Gasteiger partial charge in [-0.25, -0.2) is 9.97 Å². The number of hydrogen-bond donors (Lipinski definition) is 2. The summed E-state index contributed by atoms with van der Waals surface area (Å²) in [6.45, 7) is 4.16. The summed E-state index contributed by atoms with van der Waals surface area (Å²) in [6.07, 6.45) is 2.43. The third-order valence-electron chi connectivity index (χ3n) is 2.08. The monoisotopic (exact) mass is 240 g/mol. The summed E-state index contributed by atoms with van der Waals surface area (Å²) < 4.78 is 4.98. The zero-order valence-corrected chi connectivity index (χ0v) is 10.5. The largest absolute Gasteiger partial charge is 0.481 e. The molecule has 5 nitrogen and oxygen atoms in total. The summed E-state index contributed by atoms with van der Waals surface area (Å²) >= 11 is 5.13. The molecule has 1 aromatic heterocycles. The Hall–Kier alpha value is -1.43. The van der Waals surface area contributed by atoms with Gasteiger partial charge in [-0.2, -0.15) is 0 Å². The number of hydrogen-bond acceptors (Lipinski definition) is 4. The van der Waals surface area contributed by atoms with Gasteiger partial charge in [-0.1, -0.05) is 6.92 Å². The molecule has 0 bridgehead atoms. The molecule has 0 aliphatic heterocycles. The van der Waals surface area contributed by atoms with Gasteiger partial charge in [0.2, 0.25) is 5.88 Å². The van der Waals surface area contributed by atoms with Crippen molar-refractivity contribution in [1.29, 1.82) is 0 Å². The number of thiocarbonyl (C=S) groups is 1. The van der Waals surface area contributed by atoms with Crippen LogP contribution in [0.5, 0.6) is 5.88 Å². The maximum Gasteiger partial charge on any atom is 0.218 e. The average molecular weight is 240 g/mol. The van der Waals surface area contributed by atoms with E-state index >= 15 is 0 Å². The minimum atomic E-state index is 0.337. The predicted molar refractivity (Wildman–Crippen MR) is 67.7 cm³/mol. The first kappa shape index (κ1) is 12.6. The van der Waals surface area contributed by atoms with Gasteiger partial charge in [-0.15, -0.1) is 0 Å². The molecule has 16 heavy (non-hydrogen) atoms. The molecule has 6 heteroatoms. The highest BCUT2D eigenvalue weighted by atomic mass is 32.1. The zero-order valence-electron chi connectivity index (χ0n) is 9.65. The number of nitrogens with zero attached hydrogens (tertiary/aromatic N) is 2. The SMILES string of the molecule is CCC(C)NC(=S)Nc1cc(OC)ncn1. The van der Waals surface area contributed by atoms with Crippen LogP contribution >= 0.6 is 12.2 Å². The second-order valence-corrected chi connectivity index (χ2v) is 3.76. The Morgan fingerprint density at radius 2 is 2.31 bits per heavy atom. The van der Waals surface area contributed by atoms with E-state index < -0.39 is 0 Å². The van der Waals surface area contributed by atoms with Crippen molar-refractivity contribution in [3.63, 3.8) is 0 Å². The van der Waals surface area contributed by atoms with E-state index in [1.54, 1.807) is 13.2 Å². The standard InChI is InChI=1S/C10H16N4OS/c1-4-7(2)13-10(16)14-8-5-9(15-3)12-6-11-8/h5-7H,4H2,1-3H3,(H2,11,12,13,14,16). The van der Waals surface area contributed by atoms with Crippen LogP contribution in [0.2, 0.25) is 0 Å². The Kier molecular flexibility index (Phi) is 4.91. The summed E-state index contributed by atoms with van der Waals surface area (Å²) in [4.78, 5) is 7.94. The van der Waals surface area contributed by atoms with Crippen LogP contribution in [0.1, 0.15) is 20.3 Å². The topological polar surface area (TPSA) is 59.1 Å². The van der Waals surface area contributed by atoms with Gasteiger partial charge in [0.15, 0.2) is 5.11 Å². The normalized spacial score (nSPS) is 11.7. The maximum atomic E-state index is 5.13. The second-order valence-electron chi connectivity index (χ2n) is 3.35. The van der Waals surface area contributed by atoms with Crippen molar-refractivity contribution in [3.8, 4) is 5.88 Å². The van der Waals surface area contributed by atoms with Crippen LogP contribution < -0.4 is 15.4 Å². The molecule has 1 heterocycles. The van der Waals surface area contributed by atoms with Crippen molar-refractivity contribution >= 4 is 23.1 Å². The van der Waals surface area contributed by atoms with E-state index in [4.69, 9.17) is 17.0 Å². The summed E-state index contributed by atoms with van der Waals surface area (Å²) in [5.74, 6) is 1.12. The first-order valence-corrected chi connectivity index (χ1v) is 5.50. The summed E-state index contributed by atoms with van der Waals surface area (Å²) in [7, 11) is 1.56. The average Bonchev–Trinajstić information content (AvgIpc) is 2.28. The van der Waals surface area contributed by atoms with E-state index in [1.165, 1.54) is 6.33 Å². The van der Waals surface area contributed by atoms with Crippen LogP contribution in [0.3, 0.4) is 0 Å². The second kappa shape index (κ2) is 6.22. The molecule has 2 N–H and O–H groups in total. The van der Waals surface area contributed by atoms with E-state index in [0.29, 0.717) is 22.9 Å². The summed E-state index contributed by atoms with van der Waals surface area (Å²) in [6, 6.07) is 2.02. The molecule has 0 saturated heterocycles. The fraction of sp³-hybridized carbons (Fsp3) is 0.500. The number of nitrogens with one attached hydrogen (secondary N) is 2. The molecule has 0 spiro atoms. The minimum absolute atomic E-state index is 0.337. The van der Waals surface area contributed by atoms with Crippen molar-refractivity contribution in [2.45, 2.75) is 26.3 Å². The lowest BCUT2D eigenvalue weighted by molar-refractivity contribution is 0.397. The fourth-order valence-corrected chi connectivity index (χ4v) is 1.30. The van der Waals surface area contributed by atoms with Gasteiger partial charge in [-0.3, -0.25) is 0 Å². The van der Waals surface area contributed by atoms with Crippen molar-refractivity contribution in [2.24, 2.45) is 0 Å². The molecular formula is C10H16N4OS. The van der Waals surface area contributed by atoms with Gasteiger partial charge < -0.3 is 15.4 Å². The van der Waals surface area contributed by atoms with Gasteiger partial charge in [-0.05, 0) is 25.6 Å². The van der Waals surface area contributed by atoms with E-state index in [1.807, 2.05) is 0 Å². The first-order chi connectivity index (χ1) is 7.65. The third kappa shape index (κ3) is 3.98. The van der Waals surface area contributed by atoms with Crippen molar-refractivity contribution in [1.82, 2.24) is 15.3 Å². The van der Waals surface area contributed by atoms with Crippen LogP contribution in [0.15, 0.2) is 12.4 Å². The number of rotatable bonds is 4. The minimum Gasteiger partial charge on any atom is -0.481 e. The molecule has 0 amide bonds. The molecule has 1 atom stereocenters. The molecular weight excluding hydrogens is 224 g/mol.